The first-order chi connectivity index (χ1) is 6.74. The summed E-state index contributed by atoms with van der Waals surface area (Å²) in [6.45, 7) is -0.113. The molecule has 0 radical (unpaired) electrons. The minimum Gasteiger partial charge on any atom is -0.375 e. The van der Waals surface area contributed by atoms with Gasteiger partial charge in [-0.2, -0.15) is 0 Å². The number of hydrogen-bond donors (Lipinski definition) is 2. The lowest BCUT2D eigenvalue weighted by atomic mass is 9.79. The van der Waals surface area contributed by atoms with Gasteiger partial charge in [0, 0.05) is 12.6 Å². The molecule has 14 heavy (non-hydrogen) atoms. The molecule has 0 bridgehead atoms. The number of nitrogens with two attached hydrogens (primary N) is 1. The molecular formula is C9H18F2N2O. The molecule has 0 heterocycles. The third kappa shape index (κ3) is 3.86. The van der Waals surface area contributed by atoms with Crippen molar-refractivity contribution in [1.29, 1.82) is 0 Å². The summed E-state index contributed by atoms with van der Waals surface area (Å²) in [6, 6.07) is 0.224. The fraction of sp³-hybridized carbons (Fsp3) is 1.00. The van der Waals surface area contributed by atoms with E-state index in [1.807, 2.05) is 0 Å². The molecule has 0 amide bonds. The van der Waals surface area contributed by atoms with Crippen molar-refractivity contribution >= 4 is 0 Å². The highest BCUT2D eigenvalue weighted by Crippen LogP contribution is 2.30. The molecule has 1 fully saturated rings. The Balaban J connectivity index is 2.02. The molecular weight excluding hydrogens is 190 g/mol. The Morgan fingerprint density at radius 2 is 2.14 bits per heavy atom. The second-order valence-electron chi connectivity index (χ2n) is 3.72. The molecule has 1 unspecified atom stereocenters. The van der Waals surface area contributed by atoms with Gasteiger partial charge >= 0.3 is 0 Å². The Bertz CT molecular complexity index is 154. The van der Waals surface area contributed by atoms with Crippen LogP contribution in [0.4, 0.5) is 8.78 Å². The topological polar surface area (TPSA) is 47.3 Å². The molecule has 84 valence electrons. The molecule has 3 nitrogen and oxygen atoms in total. The highest BCUT2D eigenvalue weighted by Gasteiger charge is 2.25. The van der Waals surface area contributed by atoms with Crippen LogP contribution in [0.5, 0.6) is 0 Å². The second kappa shape index (κ2) is 6.27. The van der Waals surface area contributed by atoms with Gasteiger partial charge in [-0.25, -0.2) is 8.78 Å². The predicted molar refractivity (Wildman–Crippen MR) is 49.9 cm³/mol. The molecule has 1 atom stereocenters. The van der Waals surface area contributed by atoms with Crippen molar-refractivity contribution in [2.24, 2.45) is 11.8 Å². The Morgan fingerprint density at radius 1 is 1.43 bits per heavy atom. The van der Waals surface area contributed by atoms with Gasteiger partial charge in [-0.15, -0.1) is 0 Å². The number of rotatable bonds is 7. The monoisotopic (exact) mass is 208 g/mol. The zero-order valence-electron chi connectivity index (χ0n) is 8.22. The average molecular weight is 208 g/mol. The standard InChI is InChI=1S/C9H18F2N2O/c10-9(11)6-14-5-4-8(13-12)7-2-1-3-7/h7-9,13H,1-6,12H2. The molecule has 0 aliphatic heterocycles. The lowest BCUT2D eigenvalue weighted by Crippen LogP contribution is -2.44. The van der Waals surface area contributed by atoms with Crippen molar-refractivity contribution < 1.29 is 13.5 Å². The van der Waals surface area contributed by atoms with Crippen LogP contribution in [0.25, 0.3) is 0 Å². The van der Waals surface area contributed by atoms with Crippen LogP contribution in [0, 0.1) is 5.92 Å². The molecule has 1 saturated carbocycles. The average Bonchev–Trinajstić information content (AvgIpc) is 2.06. The summed E-state index contributed by atoms with van der Waals surface area (Å²) in [5, 5.41) is 0. The van der Waals surface area contributed by atoms with E-state index in [2.05, 4.69) is 5.43 Å². The first-order valence-corrected chi connectivity index (χ1v) is 5.06. The van der Waals surface area contributed by atoms with Crippen molar-refractivity contribution in [3.05, 3.63) is 0 Å². The number of ether oxygens (including phenoxy) is 1. The maximum absolute atomic E-state index is 11.7. The van der Waals surface area contributed by atoms with Gasteiger partial charge in [0.2, 0.25) is 0 Å². The minimum atomic E-state index is -2.37. The summed E-state index contributed by atoms with van der Waals surface area (Å²) in [5.74, 6) is 5.98. The van der Waals surface area contributed by atoms with Crippen molar-refractivity contribution in [3.63, 3.8) is 0 Å². The van der Waals surface area contributed by atoms with E-state index in [4.69, 9.17) is 10.6 Å². The molecule has 5 heteroatoms. The van der Waals surface area contributed by atoms with Crippen LogP contribution in [0.3, 0.4) is 0 Å². The van der Waals surface area contributed by atoms with E-state index in [1.165, 1.54) is 19.3 Å². The number of nitrogens with one attached hydrogen (secondary N) is 1. The third-order valence-corrected chi connectivity index (χ3v) is 2.75. The van der Waals surface area contributed by atoms with Gasteiger partial charge in [-0.3, -0.25) is 11.3 Å². The highest BCUT2D eigenvalue weighted by atomic mass is 19.3. The van der Waals surface area contributed by atoms with Gasteiger partial charge in [0.1, 0.15) is 6.61 Å². The van der Waals surface area contributed by atoms with Crippen LogP contribution >= 0.6 is 0 Å². The zero-order chi connectivity index (χ0) is 10.4. The van der Waals surface area contributed by atoms with Crippen LogP contribution in [0.2, 0.25) is 0 Å². The maximum Gasteiger partial charge on any atom is 0.261 e. The van der Waals surface area contributed by atoms with Crippen molar-refractivity contribution in [2.75, 3.05) is 13.2 Å². The van der Waals surface area contributed by atoms with E-state index < -0.39 is 13.0 Å². The Labute approximate surface area is 83.0 Å². The minimum absolute atomic E-state index is 0.224. The predicted octanol–water partition coefficient (Wildman–Crippen LogP) is 1.29. The molecule has 0 aromatic heterocycles. The maximum atomic E-state index is 11.7. The summed E-state index contributed by atoms with van der Waals surface area (Å²) in [7, 11) is 0. The number of halogens is 2. The smallest absolute Gasteiger partial charge is 0.261 e. The van der Waals surface area contributed by atoms with E-state index in [-0.39, 0.29) is 6.04 Å². The van der Waals surface area contributed by atoms with Crippen molar-refractivity contribution in [2.45, 2.75) is 38.2 Å². The van der Waals surface area contributed by atoms with Crippen molar-refractivity contribution in [3.8, 4) is 0 Å². The van der Waals surface area contributed by atoms with Gasteiger partial charge in [-0.1, -0.05) is 6.42 Å². The van der Waals surface area contributed by atoms with E-state index in [0.29, 0.717) is 18.9 Å². The quantitative estimate of drug-likeness (QED) is 0.376. The Morgan fingerprint density at radius 3 is 2.57 bits per heavy atom. The Hall–Kier alpha value is -0.260. The molecule has 0 saturated heterocycles. The van der Waals surface area contributed by atoms with E-state index in [1.54, 1.807) is 0 Å². The molecule has 0 aromatic carbocycles. The lowest BCUT2D eigenvalue weighted by Gasteiger charge is -2.33. The van der Waals surface area contributed by atoms with E-state index in [9.17, 15) is 8.78 Å². The summed E-state index contributed by atoms with van der Waals surface area (Å²) in [5.41, 5.74) is 2.72. The molecule has 1 aliphatic rings. The zero-order valence-corrected chi connectivity index (χ0v) is 8.22. The van der Waals surface area contributed by atoms with Crippen LogP contribution in [-0.2, 0) is 4.74 Å². The first-order valence-electron chi connectivity index (χ1n) is 5.06. The normalized spacial score (nSPS) is 19.7. The molecule has 1 rings (SSSR count). The summed E-state index contributed by atoms with van der Waals surface area (Å²) < 4.78 is 28.2. The van der Waals surface area contributed by atoms with Gasteiger partial charge < -0.3 is 4.74 Å². The SMILES string of the molecule is NNC(CCOCC(F)F)C1CCC1. The van der Waals surface area contributed by atoms with Crippen LogP contribution in [0.15, 0.2) is 0 Å². The van der Waals surface area contributed by atoms with Crippen LogP contribution in [0.1, 0.15) is 25.7 Å². The number of hydrogen-bond acceptors (Lipinski definition) is 3. The fourth-order valence-corrected chi connectivity index (χ4v) is 1.68. The Kier molecular flexibility index (Phi) is 5.29. The third-order valence-electron chi connectivity index (χ3n) is 2.75. The molecule has 1 aliphatic carbocycles. The summed E-state index contributed by atoms with van der Waals surface area (Å²) in [4.78, 5) is 0. The molecule has 3 N–H and O–H groups in total. The largest absolute Gasteiger partial charge is 0.375 e. The molecule has 0 aromatic rings. The van der Waals surface area contributed by atoms with E-state index >= 15 is 0 Å². The van der Waals surface area contributed by atoms with E-state index in [0.717, 1.165) is 0 Å². The second-order valence-corrected chi connectivity index (χ2v) is 3.72. The first kappa shape index (κ1) is 11.8. The highest BCUT2D eigenvalue weighted by molar-refractivity contribution is 4.80. The number of hydrazine groups is 1. The lowest BCUT2D eigenvalue weighted by molar-refractivity contribution is 0.0111. The van der Waals surface area contributed by atoms with Crippen molar-refractivity contribution in [1.82, 2.24) is 5.43 Å². The van der Waals surface area contributed by atoms with Gasteiger partial charge in [0.25, 0.3) is 6.43 Å². The van der Waals surface area contributed by atoms with Gasteiger partial charge in [-0.05, 0) is 25.2 Å². The summed E-state index contributed by atoms with van der Waals surface area (Å²) in [6.07, 6.45) is 1.96. The summed E-state index contributed by atoms with van der Waals surface area (Å²) >= 11 is 0. The van der Waals surface area contributed by atoms with Gasteiger partial charge in [0.05, 0.1) is 0 Å². The fourth-order valence-electron chi connectivity index (χ4n) is 1.68. The van der Waals surface area contributed by atoms with Gasteiger partial charge in [0.15, 0.2) is 0 Å². The number of alkyl halides is 2. The van der Waals surface area contributed by atoms with Crippen LogP contribution < -0.4 is 11.3 Å². The van der Waals surface area contributed by atoms with Crippen LogP contribution in [-0.4, -0.2) is 25.7 Å². The molecule has 0 spiro atoms.